The Hall–Kier alpha value is -1.70. The molecule has 3 aromatic rings. The average molecular weight is 506 g/mol. The van der Waals surface area contributed by atoms with Gasteiger partial charge in [0.15, 0.2) is 0 Å². The first kappa shape index (κ1) is 21.5. The highest BCUT2D eigenvalue weighted by molar-refractivity contribution is 9.10. The minimum absolute atomic E-state index is 0.0830. The first-order valence-electron chi connectivity index (χ1n) is 9.75. The van der Waals surface area contributed by atoms with E-state index < -0.39 is 10.0 Å². The minimum Gasteiger partial charge on any atom is -0.290 e. The minimum atomic E-state index is -3.52. The zero-order chi connectivity index (χ0) is 21.1. The van der Waals surface area contributed by atoms with Crippen LogP contribution in [0.25, 0.3) is 0 Å². The van der Waals surface area contributed by atoms with E-state index in [0.29, 0.717) is 31.2 Å². The van der Waals surface area contributed by atoms with E-state index >= 15 is 0 Å². The fraction of sp³-hybridized carbons (Fsp3) is 0.217. The molecule has 30 heavy (non-hydrogen) atoms. The number of sulfonamides is 1. The lowest BCUT2D eigenvalue weighted by Gasteiger charge is -2.39. The molecule has 0 amide bonds. The summed E-state index contributed by atoms with van der Waals surface area (Å²) in [6, 6.07) is 25.2. The normalized spacial score (nSPS) is 17.0. The number of piperazine rings is 1. The first-order valence-corrected chi connectivity index (χ1v) is 12.4. The maximum absolute atomic E-state index is 13.0. The van der Waals surface area contributed by atoms with E-state index in [0.717, 1.165) is 4.47 Å². The van der Waals surface area contributed by atoms with Gasteiger partial charge in [0.2, 0.25) is 10.0 Å². The molecule has 3 aromatic carbocycles. The van der Waals surface area contributed by atoms with Gasteiger partial charge in [-0.05, 0) is 47.5 Å². The maximum atomic E-state index is 13.0. The quantitative estimate of drug-likeness (QED) is 0.479. The van der Waals surface area contributed by atoms with Crippen molar-refractivity contribution in [1.82, 2.24) is 9.21 Å². The average Bonchev–Trinajstić information content (AvgIpc) is 2.77. The SMILES string of the molecule is O=S(=O)(c1ccc(Cl)cc1)N1CCN(C(c2ccccc2)c2ccc(Br)cc2)CC1. The number of halogens is 2. The Morgan fingerprint density at radius 2 is 1.33 bits per heavy atom. The Morgan fingerprint density at radius 1 is 0.767 bits per heavy atom. The number of nitrogens with zero attached hydrogens (tertiary/aromatic N) is 2. The maximum Gasteiger partial charge on any atom is 0.243 e. The fourth-order valence-corrected chi connectivity index (χ4v) is 5.66. The Balaban J connectivity index is 1.56. The van der Waals surface area contributed by atoms with Crippen molar-refractivity contribution in [1.29, 1.82) is 0 Å². The molecule has 0 aliphatic carbocycles. The third-order valence-corrected chi connectivity index (χ3v) is 8.08. The fourth-order valence-electron chi connectivity index (χ4n) is 3.85. The Morgan fingerprint density at radius 3 is 1.93 bits per heavy atom. The van der Waals surface area contributed by atoms with Gasteiger partial charge in [0.25, 0.3) is 0 Å². The second kappa shape index (κ2) is 9.20. The van der Waals surface area contributed by atoms with Gasteiger partial charge >= 0.3 is 0 Å². The second-order valence-corrected chi connectivity index (χ2v) is 10.5. The van der Waals surface area contributed by atoms with Crippen LogP contribution < -0.4 is 0 Å². The molecule has 1 unspecified atom stereocenters. The highest BCUT2D eigenvalue weighted by Crippen LogP contribution is 2.31. The summed E-state index contributed by atoms with van der Waals surface area (Å²) >= 11 is 9.42. The van der Waals surface area contributed by atoms with Crippen LogP contribution in [-0.2, 0) is 10.0 Å². The molecule has 1 saturated heterocycles. The summed E-state index contributed by atoms with van der Waals surface area (Å²) < 4.78 is 28.6. The molecule has 0 aromatic heterocycles. The number of rotatable bonds is 5. The number of hydrogen-bond donors (Lipinski definition) is 0. The van der Waals surface area contributed by atoms with Crippen LogP contribution >= 0.6 is 27.5 Å². The van der Waals surface area contributed by atoms with Gasteiger partial charge in [-0.25, -0.2) is 8.42 Å². The summed E-state index contributed by atoms with van der Waals surface area (Å²) in [7, 11) is -3.52. The summed E-state index contributed by atoms with van der Waals surface area (Å²) in [5.41, 5.74) is 2.40. The van der Waals surface area contributed by atoms with Crippen molar-refractivity contribution in [2.45, 2.75) is 10.9 Å². The molecule has 1 aliphatic heterocycles. The molecule has 0 bridgehead atoms. The number of benzene rings is 3. The van der Waals surface area contributed by atoms with Crippen LogP contribution in [0, 0.1) is 0 Å². The van der Waals surface area contributed by atoms with Crippen LogP contribution in [0.3, 0.4) is 0 Å². The van der Waals surface area contributed by atoms with Crippen molar-refractivity contribution < 1.29 is 8.42 Å². The third kappa shape index (κ3) is 4.63. The Bertz CT molecular complexity index is 1080. The van der Waals surface area contributed by atoms with Gasteiger partial charge in [-0.15, -0.1) is 0 Å². The van der Waals surface area contributed by atoms with Crippen molar-refractivity contribution in [3.05, 3.63) is 99.5 Å². The molecule has 1 fully saturated rings. The van der Waals surface area contributed by atoms with Crippen molar-refractivity contribution in [3.8, 4) is 0 Å². The summed E-state index contributed by atoms with van der Waals surface area (Å²) in [6.07, 6.45) is 0. The van der Waals surface area contributed by atoms with Crippen molar-refractivity contribution in [3.63, 3.8) is 0 Å². The highest BCUT2D eigenvalue weighted by atomic mass is 79.9. The molecule has 1 heterocycles. The molecular formula is C23H22BrClN2O2S. The van der Waals surface area contributed by atoms with E-state index in [2.05, 4.69) is 45.1 Å². The lowest BCUT2D eigenvalue weighted by Crippen LogP contribution is -2.49. The van der Waals surface area contributed by atoms with Crippen molar-refractivity contribution >= 4 is 37.6 Å². The number of hydrogen-bond acceptors (Lipinski definition) is 3. The molecule has 0 spiro atoms. The van der Waals surface area contributed by atoms with Crippen molar-refractivity contribution in [2.24, 2.45) is 0 Å². The van der Waals surface area contributed by atoms with E-state index in [1.807, 2.05) is 30.3 Å². The molecule has 4 rings (SSSR count). The monoisotopic (exact) mass is 504 g/mol. The first-order chi connectivity index (χ1) is 14.4. The van der Waals surface area contributed by atoms with Gasteiger partial charge < -0.3 is 0 Å². The predicted molar refractivity (Wildman–Crippen MR) is 124 cm³/mol. The van der Waals surface area contributed by atoms with Gasteiger partial charge in [0, 0.05) is 35.7 Å². The van der Waals surface area contributed by atoms with Gasteiger partial charge in [-0.1, -0.05) is 70.0 Å². The molecule has 0 saturated carbocycles. The molecule has 4 nitrogen and oxygen atoms in total. The standard InChI is InChI=1S/C23H22BrClN2O2S/c24-20-8-6-19(7-9-20)23(18-4-2-1-3-5-18)26-14-16-27(17-15-26)30(28,29)22-12-10-21(25)11-13-22/h1-13,23H,14-17H2. The molecule has 0 N–H and O–H groups in total. The van der Waals surface area contributed by atoms with Crippen molar-refractivity contribution in [2.75, 3.05) is 26.2 Å². The topological polar surface area (TPSA) is 40.6 Å². The van der Waals surface area contributed by atoms with E-state index in [1.54, 1.807) is 28.6 Å². The van der Waals surface area contributed by atoms with Crippen LogP contribution in [0.5, 0.6) is 0 Å². The van der Waals surface area contributed by atoms with E-state index in [-0.39, 0.29) is 10.9 Å². The van der Waals surface area contributed by atoms with E-state index in [9.17, 15) is 8.42 Å². The van der Waals surface area contributed by atoms with Crippen LogP contribution in [-0.4, -0.2) is 43.8 Å². The van der Waals surface area contributed by atoms with Crippen LogP contribution in [0.1, 0.15) is 17.2 Å². The Kier molecular flexibility index (Phi) is 6.60. The van der Waals surface area contributed by atoms with E-state index in [1.165, 1.54) is 11.1 Å². The Labute approximate surface area is 191 Å². The van der Waals surface area contributed by atoms with E-state index in [4.69, 9.17) is 11.6 Å². The highest BCUT2D eigenvalue weighted by Gasteiger charge is 2.32. The zero-order valence-corrected chi connectivity index (χ0v) is 19.4. The van der Waals surface area contributed by atoms with Gasteiger partial charge in [-0.2, -0.15) is 4.31 Å². The third-order valence-electron chi connectivity index (χ3n) is 5.39. The smallest absolute Gasteiger partial charge is 0.243 e. The summed E-state index contributed by atoms with van der Waals surface area (Å²) in [6.45, 7) is 2.21. The largest absolute Gasteiger partial charge is 0.290 e. The summed E-state index contributed by atoms with van der Waals surface area (Å²) in [4.78, 5) is 2.64. The van der Waals surface area contributed by atoms with Crippen LogP contribution in [0.2, 0.25) is 5.02 Å². The summed E-state index contributed by atoms with van der Waals surface area (Å²) in [5, 5.41) is 0.527. The zero-order valence-electron chi connectivity index (χ0n) is 16.3. The molecule has 7 heteroatoms. The van der Waals surface area contributed by atoms with Crippen LogP contribution in [0.15, 0.2) is 88.2 Å². The lowest BCUT2D eigenvalue weighted by molar-refractivity contribution is 0.156. The molecule has 1 atom stereocenters. The molecular weight excluding hydrogens is 484 g/mol. The van der Waals surface area contributed by atoms with Gasteiger partial charge in [-0.3, -0.25) is 4.90 Å². The summed E-state index contributed by atoms with van der Waals surface area (Å²) in [5.74, 6) is 0. The second-order valence-electron chi connectivity index (χ2n) is 7.26. The molecule has 0 radical (unpaired) electrons. The molecule has 1 aliphatic rings. The van der Waals surface area contributed by atoms with Gasteiger partial charge in [0.05, 0.1) is 10.9 Å². The van der Waals surface area contributed by atoms with Crippen LogP contribution in [0.4, 0.5) is 0 Å². The molecule has 156 valence electrons. The lowest BCUT2D eigenvalue weighted by atomic mass is 9.96. The van der Waals surface area contributed by atoms with Gasteiger partial charge in [0.1, 0.15) is 0 Å². The predicted octanol–water partition coefficient (Wildman–Crippen LogP) is 5.20.